The lowest BCUT2D eigenvalue weighted by Crippen LogP contribution is -2.24. The number of aromatic nitrogens is 2. The van der Waals surface area contributed by atoms with Crippen LogP contribution in [0.15, 0.2) is 89.8 Å². The van der Waals surface area contributed by atoms with Crippen molar-refractivity contribution in [2.24, 2.45) is 0 Å². The van der Waals surface area contributed by atoms with Crippen molar-refractivity contribution in [1.29, 1.82) is 0 Å². The van der Waals surface area contributed by atoms with E-state index in [0.29, 0.717) is 18.1 Å². The van der Waals surface area contributed by atoms with Gasteiger partial charge in [-0.25, -0.2) is 0 Å². The van der Waals surface area contributed by atoms with Gasteiger partial charge in [-0.2, -0.15) is 0 Å². The van der Waals surface area contributed by atoms with Crippen LogP contribution in [0.3, 0.4) is 0 Å². The van der Waals surface area contributed by atoms with Gasteiger partial charge in [-0.1, -0.05) is 77.6 Å². The molecule has 1 aliphatic rings. The van der Waals surface area contributed by atoms with E-state index in [1.54, 1.807) is 4.90 Å². The summed E-state index contributed by atoms with van der Waals surface area (Å²) < 4.78 is 0. The summed E-state index contributed by atoms with van der Waals surface area (Å²) in [6.45, 7) is 2.58. The first-order valence-electron chi connectivity index (χ1n) is 11.3. The van der Waals surface area contributed by atoms with Crippen LogP contribution in [0.25, 0.3) is 0 Å². The maximum atomic E-state index is 13.3. The summed E-state index contributed by atoms with van der Waals surface area (Å²) in [7, 11) is 0. The average Bonchev–Trinajstić information content (AvgIpc) is 3.50. The van der Waals surface area contributed by atoms with E-state index in [0.717, 1.165) is 26.7 Å². The highest BCUT2D eigenvalue weighted by atomic mass is 32.2. The maximum absolute atomic E-state index is 13.3. The molecule has 0 spiro atoms. The van der Waals surface area contributed by atoms with Crippen molar-refractivity contribution in [3.63, 3.8) is 0 Å². The van der Waals surface area contributed by atoms with Crippen LogP contribution in [-0.2, 0) is 9.59 Å². The first kappa shape index (κ1) is 23.3. The maximum Gasteiger partial charge on any atom is 0.244 e. The van der Waals surface area contributed by atoms with Gasteiger partial charge in [-0.3, -0.25) is 14.9 Å². The SMILES string of the molecule is Cc1ccc(N2CC(c3nnc(NC(=O)C(Sc4ccccc4)c4ccccc4)s3)CC2=O)cc1. The fraction of sp³-hybridized carbons (Fsp3) is 0.185. The van der Waals surface area contributed by atoms with Crippen LogP contribution in [0.2, 0.25) is 0 Å². The summed E-state index contributed by atoms with van der Waals surface area (Å²) in [5.74, 6) is -0.129. The molecule has 2 unspecified atom stereocenters. The second kappa shape index (κ2) is 10.4. The minimum absolute atomic E-state index is 0.0458. The Hall–Kier alpha value is -3.49. The number of amides is 2. The van der Waals surface area contributed by atoms with E-state index >= 15 is 0 Å². The molecule has 3 aromatic carbocycles. The molecule has 8 heteroatoms. The summed E-state index contributed by atoms with van der Waals surface area (Å²) in [6, 6.07) is 27.5. The Morgan fingerprint density at radius 3 is 2.40 bits per heavy atom. The quantitative estimate of drug-likeness (QED) is 0.323. The van der Waals surface area contributed by atoms with E-state index in [1.807, 2.05) is 91.9 Å². The number of thioether (sulfide) groups is 1. The van der Waals surface area contributed by atoms with Crippen LogP contribution in [0.4, 0.5) is 10.8 Å². The van der Waals surface area contributed by atoms with Crippen LogP contribution < -0.4 is 10.2 Å². The molecule has 35 heavy (non-hydrogen) atoms. The van der Waals surface area contributed by atoms with Crippen LogP contribution in [0, 0.1) is 6.92 Å². The second-order valence-electron chi connectivity index (χ2n) is 8.40. The van der Waals surface area contributed by atoms with Crippen molar-refractivity contribution in [3.8, 4) is 0 Å². The molecule has 1 saturated heterocycles. The average molecular weight is 501 g/mol. The molecule has 0 saturated carbocycles. The normalized spacial score (nSPS) is 16.3. The lowest BCUT2D eigenvalue weighted by molar-refractivity contribution is -0.117. The molecule has 0 bridgehead atoms. The van der Waals surface area contributed by atoms with Gasteiger partial charge in [0, 0.05) is 29.5 Å². The number of carbonyl (C=O) groups excluding carboxylic acids is 2. The number of nitrogens with one attached hydrogen (secondary N) is 1. The third-order valence-electron chi connectivity index (χ3n) is 5.83. The molecule has 4 aromatic rings. The van der Waals surface area contributed by atoms with Gasteiger partial charge >= 0.3 is 0 Å². The number of hydrogen-bond acceptors (Lipinski definition) is 6. The van der Waals surface area contributed by atoms with Crippen molar-refractivity contribution in [2.75, 3.05) is 16.8 Å². The number of rotatable bonds is 7. The Balaban J connectivity index is 1.29. The third-order valence-corrected chi connectivity index (χ3v) is 8.10. The predicted molar refractivity (Wildman–Crippen MR) is 141 cm³/mol. The lowest BCUT2D eigenvalue weighted by Gasteiger charge is -2.16. The Bertz CT molecular complexity index is 1310. The molecule has 5 rings (SSSR count). The highest BCUT2D eigenvalue weighted by molar-refractivity contribution is 8.00. The largest absolute Gasteiger partial charge is 0.312 e. The number of benzene rings is 3. The first-order chi connectivity index (χ1) is 17.1. The van der Waals surface area contributed by atoms with Crippen molar-refractivity contribution in [1.82, 2.24) is 10.2 Å². The smallest absolute Gasteiger partial charge is 0.244 e. The molecule has 0 radical (unpaired) electrons. The summed E-state index contributed by atoms with van der Waals surface area (Å²) >= 11 is 2.83. The van der Waals surface area contributed by atoms with E-state index in [9.17, 15) is 9.59 Å². The van der Waals surface area contributed by atoms with E-state index in [2.05, 4.69) is 15.5 Å². The van der Waals surface area contributed by atoms with Crippen LogP contribution in [0.5, 0.6) is 0 Å². The molecule has 2 heterocycles. The van der Waals surface area contributed by atoms with Crippen molar-refractivity contribution >= 4 is 45.7 Å². The van der Waals surface area contributed by atoms with Gasteiger partial charge in [0.05, 0.1) is 0 Å². The monoisotopic (exact) mass is 500 g/mol. The van der Waals surface area contributed by atoms with Crippen molar-refractivity contribution in [3.05, 3.63) is 101 Å². The highest BCUT2D eigenvalue weighted by Gasteiger charge is 2.34. The third kappa shape index (κ3) is 5.44. The van der Waals surface area contributed by atoms with E-state index in [4.69, 9.17) is 0 Å². The minimum atomic E-state index is -0.434. The number of anilines is 2. The van der Waals surface area contributed by atoms with Crippen LogP contribution in [-0.4, -0.2) is 28.6 Å². The lowest BCUT2D eigenvalue weighted by atomic mass is 10.1. The Labute approximate surface area is 212 Å². The van der Waals surface area contributed by atoms with Gasteiger partial charge < -0.3 is 4.90 Å². The number of hydrogen-bond donors (Lipinski definition) is 1. The standard InChI is InChI=1S/C27H24N4O2S2/c1-18-12-14-21(15-13-18)31-17-20(16-23(31)32)26-29-30-27(35-26)28-25(33)24(19-8-4-2-5-9-19)34-22-10-6-3-7-11-22/h2-15,20,24H,16-17H2,1H3,(H,28,30,33). The van der Waals surface area contributed by atoms with Gasteiger partial charge in [0.25, 0.3) is 0 Å². The van der Waals surface area contributed by atoms with Crippen molar-refractivity contribution < 1.29 is 9.59 Å². The second-order valence-corrected chi connectivity index (χ2v) is 10.6. The fourth-order valence-corrected chi connectivity index (χ4v) is 5.89. The van der Waals surface area contributed by atoms with Crippen LogP contribution >= 0.6 is 23.1 Å². The Morgan fingerprint density at radius 1 is 1.00 bits per heavy atom. The molecule has 2 atom stereocenters. The molecule has 1 aliphatic heterocycles. The zero-order valence-electron chi connectivity index (χ0n) is 19.1. The molecule has 1 fully saturated rings. The first-order valence-corrected chi connectivity index (χ1v) is 13.0. The topological polar surface area (TPSA) is 75.2 Å². The molecule has 2 amide bonds. The fourth-order valence-electron chi connectivity index (χ4n) is 4.00. The molecule has 176 valence electrons. The summed E-state index contributed by atoms with van der Waals surface area (Å²) in [5.41, 5.74) is 2.96. The van der Waals surface area contributed by atoms with Gasteiger partial charge in [0.1, 0.15) is 10.3 Å². The number of nitrogens with zero attached hydrogens (tertiary/aromatic N) is 3. The summed E-state index contributed by atoms with van der Waals surface area (Å²) in [4.78, 5) is 28.8. The Kier molecular flexibility index (Phi) is 6.92. The van der Waals surface area contributed by atoms with Gasteiger partial charge in [0.15, 0.2) is 0 Å². The Morgan fingerprint density at radius 2 is 1.69 bits per heavy atom. The van der Waals surface area contributed by atoms with Crippen LogP contribution in [0.1, 0.15) is 33.7 Å². The van der Waals surface area contributed by atoms with Gasteiger partial charge in [-0.15, -0.1) is 22.0 Å². The minimum Gasteiger partial charge on any atom is -0.312 e. The van der Waals surface area contributed by atoms with E-state index < -0.39 is 5.25 Å². The molecular weight excluding hydrogens is 476 g/mol. The van der Waals surface area contributed by atoms with Crippen molar-refractivity contribution in [2.45, 2.75) is 29.4 Å². The van der Waals surface area contributed by atoms with E-state index in [1.165, 1.54) is 23.1 Å². The molecule has 0 aliphatic carbocycles. The summed E-state index contributed by atoms with van der Waals surface area (Å²) in [5, 5.41) is 12.2. The molecule has 1 aromatic heterocycles. The zero-order chi connectivity index (χ0) is 24.2. The number of carbonyl (C=O) groups is 2. The van der Waals surface area contributed by atoms with E-state index in [-0.39, 0.29) is 17.7 Å². The zero-order valence-corrected chi connectivity index (χ0v) is 20.8. The number of aryl methyl sites for hydroxylation is 1. The predicted octanol–water partition coefficient (Wildman–Crippen LogP) is 5.84. The molecular formula is C27H24N4O2S2. The van der Waals surface area contributed by atoms with Gasteiger partial charge in [-0.05, 0) is 36.8 Å². The van der Waals surface area contributed by atoms with Gasteiger partial charge in [0.2, 0.25) is 16.9 Å². The highest BCUT2D eigenvalue weighted by Crippen LogP contribution is 2.38. The molecule has 1 N–H and O–H groups in total. The summed E-state index contributed by atoms with van der Waals surface area (Å²) in [6.07, 6.45) is 0.382. The molecule has 6 nitrogen and oxygen atoms in total.